The summed E-state index contributed by atoms with van der Waals surface area (Å²) >= 11 is 1.89. The molecule has 4 rings (SSSR count). The van der Waals surface area contributed by atoms with Gasteiger partial charge in [0.2, 0.25) is 5.91 Å². The molecular weight excluding hydrogens is 376 g/mol. The van der Waals surface area contributed by atoms with Gasteiger partial charge >= 0.3 is 0 Å². The lowest BCUT2D eigenvalue weighted by Crippen LogP contribution is -2.57. The molecule has 0 atom stereocenters. The predicted molar refractivity (Wildman–Crippen MR) is 109 cm³/mol. The second kappa shape index (κ2) is 9.67. The van der Waals surface area contributed by atoms with Gasteiger partial charge in [0.1, 0.15) is 0 Å². The molecule has 0 saturated carbocycles. The molecule has 1 spiro atoms. The molecule has 0 bridgehead atoms. The molecule has 1 aromatic rings. The van der Waals surface area contributed by atoms with Gasteiger partial charge in [-0.25, -0.2) is 0 Å². The van der Waals surface area contributed by atoms with Gasteiger partial charge in [0, 0.05) is 48.4 Å². The highest BCUT2D eigenvalue weighted by molar-refractivity contribution is 7.11. The van der Waals surface area contributed by atoms with Crippen LogP contribution in [0, 0.1) is 12.8 Å². The highest BCUT2D eigenvalue weighted by atomic mass is 32.1. The number of hydrogen-bond acceptors (Lipinski definition) is 5. The molecule has 1 aliphatic carbocycles. The van der Waals surface area contributed by atoms with Crippen molar-refractivity contribution in [3.05, 3.63) is 34.0 Å². The van der Waals surface area contributed by atoms with Crippen LogP contribution in [0.4, 0.5) is 0 Å². The summed E-state index contributed by atoms with van der Waals surface area (Å²) in [6.45, 7) is 7.46. The van der Waals surface area contributed by atoms with Crippen LogP contribution in [0.25, 0.3) is 0 Å². The van der Waals surface area contributed by atoms with Gasteiger partial charge in [0.05, 0.1) is 12.2 Å². The summed E-state index contributed by atoms with van der Waals surface area (Å²) in [4.78, 5) is 28.4. The molecule has 6 nitrogen and oxygen atoms in total. The maximum Gasteiger partial charge on any atom is 0.290 e. The number of carboxylic acid groups (broad SMARTS) is 1. The van der Waals surface area contributed by atoms with E-state index < -0.39 is 0 Å². The van der Waals surface area contributed by atoms with Crippen molar-refractivity contribution in [1.82, 2.24) is 9.80 Å². The second-order valence-electron chi connectivity index (χ2n) is 7.82. The van der Waals surface area contributed by atoms with Crippen molar-refractivity contribution in [1.29, 1.82) is 0 Å². The summed E-state index contributed by atoms with van der Waals surface area (Å²) in [5, 5.41) is 6.89. The fraction of sp³-hybridized carbons (Fsp3) is 0.619. The van der Waals surface area contributed by atoms with Gasteiger partial charge in [-0.2, -0.15) is 0 Å². The lowest BCUT2D eigenvalue weighted by Gasteiger charge is -2.47. The lowest BCUT2D eigenvalue weighted by atomic mass is 9.88. The number of piperidine rings is 1. The first-order valence-electron chi connectivity index (χ1n) is 9.98. The summed E-state index contributed by atoms with van der Waals surface area (Å²) in [7, 11) is 0. The number of aryl methyl sites for hydroxylation is 1. The Hall–Kier alpha value is -1.70. The van der Waals surface area contributed by atoms with Crippen LogP contribution in [0.5, 0.6) is 0 Å². The van der Waals surface area contributed by atoms with Crippen LogP contribution in [-0.4, -0.2) is 65.7 Å². The number of carbonyl (C=O) groups excluding carboxylic acids is 1. The minimum atomic E-state index is -0.250. The Morgan fingerprint density at radius 1 is 1.29 bits per heavy atom. The molecule has 2 fully saturated rings. The van der Waals surface area contributed by atoms with Gasteiger partial charge in [-0.05, 0) is 44.7 Å². The molecule has 0 radical (unpaired) electrons. The minimum Gasteiger partial charge on any atom is -0.483 e. The Morgan fingerprint density at radius 3 is 2.57 bits per heavy atom. The average molecular weight is 407 g/mol. The average Bonchev–Trinajstić information content (AvgIpc) is 3.35. The second-order valence-corrected chi connectivity index (χ2v) is 9.20. The fourth-order valence-corrected chi connectivity index (χ4v) is 5.30. The Labute approximate surface area is 170 Å². The number of thiophene rings is 1. The first-order chi connectivity index (χ1) is 13.5. The zero-order valence-electron chi connectivity index (χ0n) is 16.5. The third kappa shape index (κ3) is 5.21. The summed E-state index contributed by atoms with van der Waals surface area (Å²) in [5.41, 5.74) is -0.0464. The molecule has 154 valence electrons. The van der Waals surface area contributed by atoms with E-state index in [-0.39, 0.29) is 18.0 Å². The van der Waals surface area contributed by atoms with Crippen LogP contribution in [0.1, 0.15) is 35.4 Å². The lowest BCUT2D eigenvalue weighted by molar-refractivity contribution is -0.153. The van der Waals surface area contributed by atoms with E-state index in [1.807, 2.05) is 11.3 Å². The van der Waals surface area contributed by atoms with E-state index in [0.29, 0.717) is 5.91 Å². The minimum absolute atomic E-state index is 0.0464. The molecule has 2 saturated heterocycles. The number of likely N-dealkylation sites (tertiary alicyclic amines) is 1. The number of amides is 1. The number of carbonyl (C=O) groups is 2. The fourth-order valence-electron chi connectivity index (χ4n) is 4.36. The molecule has 28 heavy (non-hydrogen) atoms. The van der Waals surface area contributed by atoms with E-state index in [1.165, 1.54) is 9.75 Å². The molecular formula is C21H30N2O4S. The van der Waals surface area contributed by atoms with Crippen molar-refractivity contribution >= 4 is 23.7 Å². The highest BCUT2D eigenvalue weighted by Gasteiger charge is 2.41. The molecule has 3 aliphatic rings. The van der Waals surface area contributed by atoms with E-state index in [2.05, 4.69) is 41.0 Å². The Morgan fingerprint density at radius 2 is 1.96 bits per heavy atom. The number of hydrogen-bond donors (Lipinski definition) is 1. The van der Waals surface area contributed by atoms with Crippen LogP contribution in [-0.2, 0) is 20.9 Å². The van der Waals surface area contributed by atoms with E-state index >= 15 is 0 Å². The Balaban J connectivity index is 0.000000706. The number of ether oxygens (including phenoxy) is 1. The van der Waals surface area contributed by atoms with E-state index in [9.17, 15) is 4.79 Å². The summed E-state index contributed by atoms with van der Waals surface area (Å²) in [5.74, 6) is 0.543. The molecule has 7 heteroatoms. The monoisotopic (exact) mass is 406 g/mol. The van der Waals surface area contributed by atoms with Crippen molar-refractivity contribution < 1.29 is 19.4 Å². The first-order valence-corrected chi connectivity index (χ1v) is 10.8. The predicted octanol–water partition coefficient (Wildman–Crippen LogP) is 2.92. The van der Waals surface area contributed by atoms with Gasteiger partial charge in [0.25, 0.3) is 6.47 Å². The molecule has 3 heterocycles. The van der Waals surface area contributed by atoms with Crippen LogP contribution in [0.15, 0.2) is 24.3 Å². The maximum atomic E-state index is 12.6. The van der Waals surface area contributed by atoms with E-state index in [0.717, 1.165) is 65.0 Å². The largest absolute Gasteiger partial charge is 0.483 e. The van der Waals surface area contributed by atoms with Crippen LogP contribution in [0.3, 0.4) is 0 Å². The molecule has 1 N–H and O–H groups in total. The van der Waals surface area contributed by atoms with E-state index in [4.69, 9.17) is 14.6 Å². The van der Waals surface area contributed by atoms with Crippen molar-refractivity contribution in [2.75, 3.05) is 32.8 Å². The van der Waals surface area contributed by atoms with Crippen LogP contribution in [0.2, 0.25) is 0 Å². The highest BCUT2D eigenvalue weighted by Crippen LogP contribution is 2.32. The molecule has 0 aromatic carbocycles. The quantitative estimate of drug-likeness (QED) is 0.617. The summed E-state index contributed by atoms with van der Waals surface area (Å²) < 4.78 is 6.24. The maximum absolute atomic E-state index is 12.6. The van der Waals surface area contributed by atoms with Gasteiger partial charge in [-0.1, -0.05) is 12.2 Å². The van der Waals surface area contributed by atoms with Gasteiger partial charge in [-0.3, -0.25) is 14.5 Å². The Kier molecular flexibility index (Phi) is 7.26. The van der Waals surface area contributed by atoms with Crippen LogP contribution >= 0.6 is 11.3 Å². The van der Waals surface area contributed by atoms with E-state index in [1.54, 1.807) is 0 Å². The van der Waals surface area contributed by atoms with Crippen molar-refractivity contribution in [2.24, 2.45) is 5.92 Å². The SMILES string of the molecule is Cc1ccc(CN2CCOC3(CCN(C(=O)C4CC=CC4)CC3)C2)s1.O=CO. The topological polar surface area (TPSA) is 70.1 Å². The van der Waals surface area contributed by atoms with Crippen molar-refractivity contribution in [3.8, 4) is 0 Å². The standard InChI is InChI=1S/C20H28N2O2S.CH2O2/c1-16-6-7-18(25-16)14-21-12-13-24-20(15-21)8-10-22(11-9-20)19(23)17-4-2-3-5-17;2-1-3/h2-3,6-7,17H,4-5,8-15H2,1H3;1H,(H,2,3). The molecule has 2 aliphatic heterocycles. The summed E-state index contributed by atoms with van der Waals surface area (Å²) in [6.07, 6.45) is 8.07. The van der Waals surface area contributed by atoms with Gasteiger partial charge < -0.3 is 14.7 Å². The normalized spacial score (nSPS) is 22.1. The van der Waals surface area contributed by atoms with Crippen molar-refractivity contribution in [3.63, 3.8) is 0 Å². The zero-order chi connectivity index (χ0) is 20.0. The van der Waals surface area contributed by atoms with Crippen molar-refractivity contribution in [2.45, 2.75) is 44.8 Å². The molecule has 0 unspecified atom stereocenters. The third-order valence-electron chi connectivity index (χ3n) is 5.85. The molecule has 1 amide bonds. The first kappa shape index (κ1) is 21.0. The zero-order valence-corrected chi connectivity index (χ0v) is 17.3. The number of allylic oxidation sites excluding steroid dienone is 2. The van der Waals surface area contributed by atoms with Gasteiger partial charge in [0.15, 0.2) is 0 Å². The third-order valence-corrected chi connectivity index (χ3v) is 6.83. The molecule has 1 aromatic heterocycles. The smallest absolute Gasteiger partial charge is 0.290 e. The Bertz CT molecular complexity index is 686. The number of morpholine rings is 1. The number of rotatable bonds is 3. The van der Waals surface area contributed by atoms with Crippen LogP contribution < -0.4 is 0 Å². The number of nitrogens with zero attached hydrogens (tertiary/aromatic N) is 2. The summed E-state index contributed by atoms with van der Waals surface area (Å²) in [6, 6.07) is 4.46. The van der Waals surface area contributed by atoms with Gasteiger partial charge in [-0.15, -0.1) is 11.3 Å².